The average molecular weight is 447 g/mol. The van der Waals surface area contributed by atoms with Gasteiger partial charge < -0.3 is 20.4 Å². The summed E-state index contributed by atoms with van der Waals surface area (Å²) in [7, 11) is 0. The van der Waals surface area contributed by atoms with E-state index in [1.54, 1.807) is 0 Å². The maximum atomic E-state index is 12.2. The van der Waals surface area contributed by atoms with Crippen LogP contribution in [0.25, 0.3) is 0 Å². The zero-order chi connectivity index (χ0) is 23.7. The van der Waals surface area contributed by atoms with Gasteiger partial charge in [-0.1, -0.05) is 13.0 Å². The van der Waals surface area contributed by atoms with E-state index in [1.165, 1.54) is 0 Å². The highest BCUT2D eigenvalue weighted by Crippen LogP contribution is 2.26. The lowest BCUT2D eigenvalue weighted by Gasteiger charge is -2.35. The summed E-state index contributed by atoms with van der Waals surface area (Å²) >= 11 is 0. The van der Waals surface area contributed by atoms with Gasteiger partial charge in [-0.2, -0.15) is 0 Å². The van der Waals surface area contributed by atoms with Gasteiger partial charge in [0, 0.05) is 43.7 Å². The molecule has 7 heteroatoms. The summed E-state index contributed by atoms with van der Waals surface area (Å²) in [6, 6.07) is 0.616. The lowest BCUT2D eigenvalue weighted by atomic mass is 10.0. The molecule has 2 aliphatic rings. The Morgan fingerprint density at radius 2 is 2.03 bits per heavy atom. The molecule has 3 N–H and O–H groups in total. The van der Waals surface area contributed by atoms with E-state index < -0.39 is 0 Å². The van der Waals surface area contributed by atoms with Gasteiger partial charge in [-0.25, -0.2) is 0 Å². The summed E-state index contributed by atoms with van der Waals surface area (Å²) in [6.45, 7) is 14.7. The number of carbonyl (C=O) groups excluding carboxylic acids is 1. The summed E-state index contributed by atoms with van der Waals surface area (Å²) in [5, 5.41) is 10.5. The van der Waals surface area contributed by atoms with Crippen LogP contribution in [0.2, 0.25) is 0 Å². The van der Waals surface area contributed by atoms with E-state index in [1.807, 2.05) is 26.0 Å². The highest BCUT2D eigenvalue weighted by atomic mass is 16.7. The van der Waals surface area contributed by atoms with Gasteiger partial charge in [0.1, 0.15) is 11.9 Å². The SMILES string of the molecule is C/C=C(NOC(C)CC)\C(=C/C1C=C(C(=O)CC=N)NC1C)OC1CCN(C(C)C)CC1. The molecular formula is C25H42N4O3. The molecule has 3 atom stereocenters. The number of ketones is 1. The van der Waals surface area contributed by atoms with Crippen LogP contribution in [0.3, 0.4) is 0 Å². The van der Waals surface area contributed by atoms with E-state index in [-0.39, 0.29) is 36.4 Å². The Balaban J connectivity index is 2.21. The van der Waals surface area contributed by atoms with Crippen molar-refractivity contribution >= 4 is 12.0 Å². The van der Waals surface area contributed by atoms with Crippen LogP contribution in [0.1, 0.15) is 67.2 Å². The number of allylic oxidation sites excluding steroid dienone is 2. The molecule has 0 aromatic carbocycles. The van der Waals surface area contributed by atoms with Crippen molar-refractivity contribution in [2.45, 2.75) is 91.5 Å². The van der Waals surface area contributed by atoms with E-state index in [0.29, 0.717) is 11.7 Å². The molecule has 0 aromatic rings. The molecule has 2 heterocycles. The second-order valence-corrected chi connectivity index (χ2v) is 9.04. The van der Waals surface area contributed by atoms with Crippen molar-refractivity contribution in [1.29, 1.82) is 5.41 Å². The van der Waals surface area contributed by atoms with Crippen molar-refractivity contribution in [1.82, 2.24) is 15.7 Å². The van der Waals surface area contributed by atoms with Crippen molar-refractivity contribution in [3.05, 3.63) is 35.4 Å². The van der Waals surface area contributed by atoms with Gasteiger partial charge in [-0.05, 0) is 66.0 Å². The van der Waals surface area contributed by atoms with Gasteiger partial charge in [0.15, 0.2) is 5.78 Å². The minimum absolute atomic E-state index is 0.00536. The molecule has 0 aromatic heterocycles. The standard InChI is InChI=1S/C25H42N4O3/c1-7-18(5)32-28-22(8-2)25(31-21-10-13-29(14-11-21)17(3)4)16-20-15-23(27-19(20)6)24(30)9-12-26/h8,12,15-21,26-28H,7,9-11,13-14H2,1-6H3/b22-8+,25-16+,26-12?. The molecule has 2 rings (SSSR count). The van der Waals surface area contributed by atoms with E-state index >= 15 is 0 Å². The lowest BCUT2D eigenvalue weighted by molar-refractivity contribution is -0.114. The zero-order valence-corrected chi connectivity index (χ0v) is 20.6. The Labute approximate surface area is 193 Å². The number of carbonyl (C=O) groups is 1. The fourth-order valence-corrected chi connectivity index (χ4v) is 3.85. The summed E-state index contributed by atoms with van der Waals surface area (Å²) in [6.07, 6.45) is 10.4. The predicted octanol–water partition coefficient (Wildman–Crippen LogP) is 4.08. The zero-order valence-electron chi connectivity index (χ0n) is 20.6. The van der Waals surface area contributed by atoms with Crippen LogP contribution in [0, 0.1) is 11.3 Å². The van der Waals surface area contributed by atoms with Crippen molar-refractivity contribution in [3.63, 3.8) is 0 Å². The third-order valence-electron chi connectivity index (χ3n) is 6.25. The van der Waals surface area contributed by atoms with E-state index in [0.717, 1.165) is 50.0 Å². The first kappa shape index (κ1) is 26.1. The maximum Gasteiger partial charge on any atom is 0.183 e. The van der Waals surface area contributed by atoms with Gasteiger partial charge in [0.05, 0.1) is 17.5 Å². The molecule has 0 radical (unpaired) electrons. The van der Waals surface area contributed by atoms with Crippen LogP contribution in [0.15, 0.2) is 35.4 Å². The van der Waals surface area contributed by atoms with E-state index in [2.05, 4.69) is 49.5 Å². The molecule has 1 fully saturated rings. The van der Waals surface area contributed by atoms with Crippen molar-refractivity contribution in [2.24, 2.45) is 5.92 Å². The van der Waals surface area contributed by atoms with Crippen LogP contribution in [-0.4, -0.2) is 54.3 Å². The normalized spacial score (nSPS) is 24.2. The first-order valence-corrected chi connectivity index (χ1v) is 12.0. The first-order chi connectivity index (χ1) is 15.3. The Morgan fingerprint density at radius 1 is 1.34 bits per heavy atom. The molecule has 32 heavy (non-hydrogen) atoms. The van der Waals surface area contributed by atoms with Crippen LogP contribution < -0.4 is 10.8 Å². The number of likely N-dealkylation sites (tertiary alicyclic amines) is 1. The van der Waals surface area contributed by atoms with Gasteiger partial charge >= 0.3 is 0 Å². The fourth-order valence-electron chi connectivity index (χ4n) is 3.85. The number of nitrogens with zero attached hydrogens (tertiary/aromatic N) is 1. The molecule has 180 valence electrons. The van der Waals surface area contributed by atoms with Crippen LogP contribution in [0.4, 0.5) is 0 Å². The Hall–Kier alpha value is -2.12. The predicted molar refractivity (Wildman–Crippen MR) is 129 cm³/mol. The third kappa shape index (κ3) is 7.48. The number of rotatable bonds is 12. The average Bonchev–Trinajstić information content (AvgIpc) is 3.14. The molecule has 2 aliphatic heterocycles. The minimum Gasteiger partial charge on any atom is -0.488 e. The van der Waals surface area contributed by atoms with Crippen LogP contribution >= 0.6 is 0 Å². The number of hydrogen-bond acceptors (Lipinski definition) is 7. The summed E-state index contributed by atoms with van der Waals surface area (Å²) in [5.74, 6) is 0.705. The van der Waals surface area contributed by atoms with Gasteiger partial charge in [-0.3, -0.25) is 15.1 Å². The fraction of sp³-hybridized carbons (Fsp3) is 0.680. The lowest BCUT2D eigenvalue weighted by Crippen LogP contribution is -2.41. The second-order valence-electron chi connectivity index (χ2n) is 9.04. The summed E-state index contributed by atoms with van der Waals surface area (Å²) < 4.78 is 6.54. The highest BCUT2D eigenvalue weighted by molar-refractivity contribution is 6.02. The molecule has 0 amide bonds. The number of nitrogens with one attached hydrogen (secondary N) is 3. The minimum atomic E-state index is -0.0595. The van der Waals surface area contributed by atoms with Crippen LogP contribution in [-0.2, 0) is 14.4 Å². The Morgan fingerprint density at radius 3 is 2.59 bits per heavy atom. The maximum absolute atomic E-state index is 12.2. The number of hydrogen-bond donors (Lipinski definition) is 3. The van der Waals surface area contributed by atoms with Gasteiger partial charge in [0.25, 0.3) is 0 Å². The van der Waals surface area contributed by atoms with Gasteiger partial charge in [-0.15, -0.1) is 0 Å². The molecule has 3 unspecified atom stereocenters. The van der Waals surface area contributed by atoms with Crippen molar-refractivity contribution in [2.75, 3.05) is 13.1 Å². The number of hydroxylamine groups is 1. The van der Waals surface area contributed by atoms with Crippen LogP contribution in [0.5, 0.6) is 0 Å². The molecule has 1 saturated heterocycles. The quantitative estimate of drug-likeness (QED) is 0.181. The molecule has 0 bridgehead atoms. The Kier molecular flexibility index (Phi) is 10.5. The largest absolute Gasteiger partial charge is 0.488 e. The molecule has 0 spiro atoms. The van der Waals surface area contributed by atoms with E-state index in [9.17, 15) is 4.79 Å². The first-order valence-electron chi connectivity index (χ1n) is 12.0. The van der Waals surface area contributed by atoms with Gasteiger partial charge in [0.2, 0.25) is 0 Å². The summed E-state index contributed by atoms with van der Waals surface area (Å²) in [5.41, 5.74) is 4.48. The number of Topliss-reactive ketones (excluding diaryl/α,β-unsaturated/α-hetero) is 1. The molecule has 0 saturated carbocycles. The highest BCUT2D eigenvalue weighted by Gasteiger charge is 2.28. The monoisotopic (exact) mass is 446 g/mol. The topological polar surface area (TPSA) is 86.7 Å². The molecule has 0 aliphatic carbocycles. The number of piperidine rings is 1. The number of ether oxygens (including phenoxy) is 1. The second kappa shape index (κ2) is 12.8. The van der Waals surface area contributed by atoms with Crippen molar-refractivity contribution < 1.29 is 14.4 Å². The molecule has 7 nitrogen and oxygen atoms in total. The van der Waals surface area contributed by atoms with Crippen molar-refractivity contribution in [3.8, 4) is 0 Å². The molecular weight excluding hydrogens is 404 g/mol. The summed E-state index contributed by atoms with van der Waals surface area (Å²) in [4.78, 5) is 20.5. The Bertz CT molecular complexity index is 721. The smallest absolute Gasteiger partial charge is 0.183 e. The third-order valence-corrected chi connectivity index (χ3v) is 6.25. The van der Waals surface area contributed by atoms with E-state index in [4.69, 9.17) is 15.0 Å².